The molecule has 1 saturated heterocycles. The van der Waals surface area contributed by atoms with E-state index in [0.29, 0.717) is 27.8 Å². The van der Waals surface area contributed by atoms with Gasteiger partial charge in [0.2, 0.25) is 0 Å². The summed E-state index contributed by atoms with van der Waals surface area (Å²) in [6.45, 7) is 3.73. The van der Waals surface area contributed by atoms with Gasteiger partial charge in [-0.1, -0.05) is 47.5 Å². The van der Waals surface area contributed by atoms with Crippen molar-refractivity contribution in [2.24, 2.45) is 0 Å². The van der Waals surface area contributed by atoms with Gasteiger partial charge in [-0.25, -0.2) is 24.5 Å². The van der Waals surface area contributed by atoms with Gasteiger partial charge in [-0.2, -0.15) is 0 Å². The highest BCUT2D eigenvalue weighted by Gasteiger charge is 2.26. The molecule has 1 aliphatic rings. The zero-order valence-electron chi connectivity index (χ0n) is 16.8. The topological polar surface area (TPSA) is 82.0 Å². The molecule has 0 amide bonds. The van der Waals surface area contributed by atoms with Crippen LogP contribution in [0.4, 0.5) is 11.4 Å². The molecular formula is C20H19Cl2N5O4. The molecule has 0 atom stereocenters. The highest BCUT2D eigenvalue weighted by atomic mass is 35.5. The van der Waals surface area contributed by atoms with E-state index < -0.39 is 0 Å². The van der Waals surface area contributed by atoms with Gasteiger partial charge in [0.25, 0.3) is 0 Å². The third-order valence-electron chi connectivity index (χ3n) is 4.54. The van der Waals surface area contributed by atoms with Gasteiger partial charge in [0.1, 0.15) is 5.69 Å². The molecule has 31 heavy (non-hydrogen) atoms. The molecule has 0 N–H and O–H groups in total. The van der Waals surface area contributed by atoms with Crippen LogP contribution >= 0.6 is 23.2 Å². The number of benzene rings is 2. The molecule has 0 aliphatic carbocycles. The molecule has 162 valence electrons. The SMILES string of the molecule is CCC(=O)Oc1cccc(C)c1N1CON(c2cc(Cl)ccc2-n2cc(Cl)nn2)CO1. The Labute approximate surface area is 188 Å². The third kappa shape index (κ3) is 4.59. The van der Waals surface area contributed by atoms with E-state index in [9.17, 15) is 4.79 Å². The van der Waals surface area contributed by atoms with E-state index in [1.165, 1.54) is 4.68 Å². The van der Waals surface area contributed by atoms with E-state index in [4.69, 9.17) is 37.6 Å². The van der Waals surface area contributed by atoms with Crippen molar-refractivity contribution in [2.45, 2.75) is 20.3 Å². The Morgan fingerprint density at radius 2 is 1.90 bits per heavy atom. The van der Waals surface area contributed by atoms with Crippen LogP contribution < -0.4 is 14.9 Å². The van der Waals surface area contributed by atoms with Gasteiger partial charge in [-0.3, -0.25) is 4.79 Å². The first-order chi connectivity index (χ1) is 15.0. The molecule has 9 nitrogen and oxygen atoms in total. The molecule has 1 aromatic heterocycles. The van der Waals surface area contributed by atoms with Gasteiger partial charge in [-0.15, -0.1) is 5.10 Å². The number of aromatic nitrogens is 3. The van der Waals surface area contributed by atoms with Crippen molar-refractivity contribution in [1.29, 1.82) is 0 Å². The quantitative estimate of drug-likeness (QED) is 0.409. The molecule has 1 fully saturated rings. The van der Waals surface area contributed by atoms with Crippen molar-refractivity contribution < 1.29 is 19.2 Å². The highest BCUT2D eigenvalue weighted by Crippen LogP contribution is 2.35. The molecule has 3 aromatic rings. The second-order valence-electron chi connectivity index (χ2n) is 6.64. The van der Waals surface area contributed by atoms with Crippen molar-refractivity contribution in [3.63, 3.8) is 0 Å². The number of esters is 1. The number of nitrogens with zero attached hydrogens (tertiary/aromatic N) is 5. The summed E-state index contributed by atoms with van der Waals surface area (Å²) in [6.07, 6.45) is 1.84. The number of halogens is 2. The fourth-order valence-electron chi connectivity index (χ4n) is 3.07. The minimum Gasteiger partial charge on any atom is -0.424 e. The predicted molar refractivity (Wildman–Crippen MR) is 115 cm³/mol. The van der Waals surface area contributed by atoms with Crippen LogP contribution in [0.1, 0.15) is 18.9 Å². The molecule has 4 rings (SSSR count). The Bertz CT molecular complexity index is 1100. The smallest absolute Gasteiger partial charge is 0.310 e. The van der Waals surface area contributed by atoms with Crippen LogP contribution in [0, 0.1) is 6.92 Å². The van der Waals surface area contributed by atoms with Crippen molar-refractivity contribution >= 4 is 40.5 Å². The predicted octanol–water partition coefficient (Wildman–Crippen LogP) is 4.30. The van der Waals surface area contributed by atoms with E-state index in [-0.39, 0.29) is 31.0 Å². The summed E-state index contributed by atoms with van der Waals surface area (Å²) in [5, 5.41) is 11.7. The first kappa shape index (κ1) is 21.4. The number of aryl methyl sites for hydroxylation is 1. The maximum absolute atomic E-state index is 11.8. The van der Waals surface area contributed by atoms with E-state index in [0.717, 1.165) is 5.56 Å². The van der Waals surface area contributed by atoms with Gasteiger partial charge in [0.05, 0.1) is 17.6 Å². The van der Waals surface area contributed by atoms with Crippen LogP contribution in [0.25, 0.3) is 5.69 Å². The number of anilines is 2. The fraction of sp³-hybridized carbons (Fsp3) is 0.250. The van der Waals surface area contributed by atoms with Crippen molar-refractivity contribution in [3.8, 4) is 11.4 Å². The third-order valence-corrected chi connectivity index (χ3v) is 4.95. The first-order valence-corrected chi connectivity index (χ1v) is 10.2. The van der Waals surface area contributed by atoms with Crippen LogP contribution in [-0.2, 0) is 14.5 Å². The van der Waals surface area contributed by atoms with Crippen LogP contribution in [-0.4, -0.2) is 34.4 Å². The molecule has 2 aromatic carbocycles. The standard InChI is InChI=1S/C20H19Cl2N5O4/c1-3-19(28)31-17-6-4-5-13(2)20(17)27-12-29-26(11-30-27)16-9-14(21)7-8-15(16)25-10-18(22)23-24-25/h4-10H,3,11-12H2,1-2H3. The lowest BCUT2D eigenvalue weighted by Crippen LogP contribution is -2.44. The number of ether oxygens (including phenoxy) is 1. The average molecular weight is 464 g/mol. The first-order valence-electron chi connectivity index (χ1n) is 9.45. The minimum atomic E-state index is -0.332. The molecule has 2 heterocycles. The highest BCUT2D eigenvalue weighted by molar-refractivity contribution is 6.31. The van der Waals surface area contributed by atoms with E-state index >= 15 is 0 Å². The zero-order chi connectivity index (χ0) is 22.0. The number of carbonyl (C=O) groups excluding carboxylic acids is 1. The fourth-order valence-corrected chi connectivity index (χ4v) is 3.36. The lowest BCUT2D eigenvalue weighted by Gasteiger charge is -2.36. The summed E-state index contributed by atoms with van der Waals surface area (Å²) in [6, 6.07) is 10.7. The normalized spacial score (nSPS) is 14.1. The molecule has 0 saturated carbocycles. The lowest BCUT2D eigenvalue weighted by atomic mass is 10.2. The zero-order valence-corrected chi connectivity index (χ0v) is 18.3. The van der Waals surface area contributed by atoms with Gasteiger partial charge in [-0.05, 0) is 36.8 Å². The van der Waals surface area contributed by atoms with Crippen LogP contribution in [0.3, 0.4) is 0 Å². The Hall–Kier alpha value is -2.85. The number of hydroxylamine groups is 2. The molecule has 0 spiro atoms. The summed E-state index contributed by atoms with van der Waals surface area (Å²) >= 11 is 12.1. The molecule has 0 bridgehead atoms. The summed E-state index contributed by atoms with van der Waals surface area (Å²) in [4.78, 5) is 23.7. The van der Waals surface area contributed by atoms with E-state index in [1.54, 1.807) is 47.5 Å². The van der Waals surface area contributed by atoms with E-state index in [2.05, 4.69) is 10.3 Å². The molecule has 11 heteroatoms. The number of carbonyl (C=O) groups is 1. The average Bonchev–Trinajstić information content (AvgIpc) is 3.20. The maximum Gasteiger partial charge on any atom is 0.310 e. The Morgan fingerprint density at radius 1 is 1.13 bits per heavy atom. The number of para-hydroxylation sites is 1. The second kappa shape index (κ2) is 9.11. The summed E-state index contributed by atoms with van der Waals surface area (Å²) < 4.78 is 6.98. The largest absolute Gasteiger partial charge is 0.424 e. The van der Waals surface area contributed by atoms with Gasteiger partial charge in [0.15, 0.2) is 24.4 Å². The van der Waals surface area contributed by atoms with Gasteiger partial charge in [0, 0.05) is 11.4 Å². The lowest BCUT2D eigenvalue weighted by molar-refractivity contribution is -0.134. The summed E-state index contributed by atoms with van der Waals surface area (Å²) in [7, 11) is 0. The van der Waals surface area contributed by atoms with E-state index in [1.807, 2.05) is 19.1 Å². The Kier molecular flexibility index (Phi) is 6.28. The van der Waals surface area contributed by atoms with Crippen LogP contribution in [0.5, 0.6) is 5.75 Å². The van der Waals surface area contributed by atoms with Crippen molar-refractivity contribution in [1.82, 2.24) is 15.0 Å². The number of hydrogen-bond acceptors (Lipinski definition) is 8. The van der Waals surface area contributed by atoms with Crippen LogP contribution in [0.15, 0.2) is 42.6 Å². The summed E-state index contributed by atoms with van der Waals surface area (Å²) in [5.74, 6) is 0.0751. The Balaban J connectivity index is 1.57. The molecule has 0 unspecified atom stereocenters. The minimum absolute atomic E-state index is 0.0469. The molecule has 0 radical (unpaired) electrons. The summed E-state index contributed by atoms with van der Waals surface area (Å²) in [5.41, 5.74) is 2.78. The molecular weight excluding hydrogens is 445 g/mol. The van der Waals surface area contributed by atoms with Crippen molar-refractivity contribution in [3.05, 3.63) is 58.3 Å². The van der Waals surface area contributed by atoms with Crippen LogP contribution in [0.2, 0.25) is 10.2 Å². The number of rotatable bonds is 5. The van der Waals surface area contributed by atoms with Crippen molar-refractivity contribution in [2.75, 3.05) is 23.6 Å². The van der Waals surface area contributed by atoms with Gasteiger partial charge >= 0.3 is 5.97 Å². The molecule has 1 aliphatic heterocycles. The van der Waals surface area contributed by atoms with Gasteiger partial charge < -0.3 is 4.74 Å². The second-order valence-corrected chi connectivity index (χ2v) is 7.47. The maximum atomic E-state index is 11.8. The Morgan fingerprint density at radius 3 is 2.58 bits per heavy atom. The number of hydrogen-bond donors (Lipinski definition) is 0. The monoisotopic (exact) mass is 463 g/mol.